The second-order valence-electron chi connectivity index (χ2n) is 3.63. The van der Waals surface area contributed by atoms with Crippen molar-refractivity contribution >= 4 is 22.4 Å². The fourth-order valence-corrected chi connectivity index (χ4v) is 1.95. The maximum Gasteiger partial charge on any atom is 0.434 e. The smallest absolute Gasteiger partial charge is 0.434 e. The number of thiazole rings is 1. The highest BCUT2D eigenvalue weighted by molar-refractivity contribution is 7.13. The van der Waals surface area contributed by atoms with Crippen LogP contribution in [0.5, 0.6) is 0 Å². The van der Waals surface area contributed by atoms with Gasteiger partial charge in [0.15, 0.2) is 10.8 Å². The van der Waals surface area contributed by atoms with E-state index in [9.17, 15) is 18.0 Å². The monoisotopic (exact) mass is 268 g/mol. The van der Waals surface area contributed by atoms with E-state index in [1.54, 1.807) is 0 Å². The minimum atomic E-state index is -4.46. The Kier molecular flexibility index (Phi) is 3.97. The van der Waals surface area contributed by atoms with Gasteiger partial charge < -0.3 is 10.0 Å². The number of carbonyl (C=O) groups is 1. The molecule has 1 unspecified atom stereocenters. The zero-order chi connectivity index (χ0) is 13.2. The molecule has 4 nitrogen and oxygen atoms in total. The third-order valence-corrected chi connectivity index (χ3v) is 3.03. The van der Waals surface area contributed by atoms with E-state index in [-0.39, 0.29) is 11.7 Å². The number of nitrogens with zero attached hydrogens (tertiary/aromatic N) is 2. The Balaban J connectivity index is 2.74. The summed E-state index contributed by atoms with van der Waals surface area (Å²) in [6.07, 6.45) is -4.46. The average molecular weight is 268 g/mol. The van der Waals surface area contributed by atoms with Gasteiger partial charge in [-0.3, -0.25) is 4.79 Å². The summed E-state index contributed by atoms with van der Waals surface area (Å²) < 4.78 is 36.9. The van der Waals surface area contributed by atoms with Crippen LogP contribution in [0.15, 0.2) is 5.38 Å². The lowest BCUT2D eigenvalue weighted by Crippen LogP contribution is -2.28. The molecule has 1 aromatic rings. The molecule has 0 bridgehead atoms. The van der Waals surface area contributed by atoms with Gasteiger partial charge in [-0.1, -0.05) is 6.92 Å². The van der Waals surface area contributed by atoms with Crippen LogP contribution in [0.4, 0.5) is 18.3 Å². The third kappa shape index (κ3) is 3.58. The van der Waals surface area contributed by atoms with Crippen molar-refractivity contribution in [3.8, 4) is 0 Å². The van der Waals surface area contributed by atoms with Gasteiger partial charge in [0, 0.05) is 19.0 Å². The molecule has 1 atom stereocenters. The number of rotatable bonds is 4. The van der Waals surface area contributed by atoms with Gasteiger partial charge in [0.05, 0.1) is 5.92 Å². The summed E-state index contributed by atoms with van der Waals surface area (Å²) in [5.41, 5.74) is -0.952. The number of alkyl halides is 3. The first-order valence-electron chi connectivity index (χ1n) is 4.68. The number of carboxylic acid groups (broad SMARTS) is 1. The van der Waals surface area contributed by atoms with Crippen LogP contribution < -0.4 is 4.90 Å². The SMILES string of the molecule is CC(CN(C)c1nc(C(F)(F)F)cs1)C(=O)O. The molecular weight excluding hydrogens is 257 g/mol. The molecule has 0 aliphatic heterocycles. The molecule has 96 valence electrons. The van der Waals surface area contributed by atoms with Gasteiger partial charge in [0.1, 0.15) is 0 Å². The fraction of sp³-hybridized carbons (Fsp3) is 0.556. The van der Waals surface area contributed by atoms with Crippen molar-refractivity contribution in [2.75, 3.05) is 18.5 Å². The van der Waals surface area contributed by atoms with Crippen molar-refractivity contribution in [1.29, 1.82) is 0 Å². The fourth-order valence-electron chi connectivity index (χ4n) is 1.14. The van der Waals surface area contributed by atoms with Crippen molar-refractivity contribution in [2.45, 2.75) is 13.1 Å². The lowest BCUT2D eigenvalue weighted by atomic mass is 10.2. The molecule has 0 fully saturated rings. The quantitative estimate of drug-likeness (QED) is 0.910. The van der Waals surface area contributed by atoms with E-state index in [1.165, 1.54) is 18.9 Å². The van der Waals surface area contributed by atoms with Crippen LogP contribution in [0.25, 0.3) is 0 Å². The van der Waals surface area contributed by atoms with E-state index in [0.29, 0.717) is 0 Å². The molecule has 1 aromatic heterocycles. The molecule has 17 heavy (non-hydrogen) atoms. The normalized spacial score (nSPS) is 13.5. The number of aliphatic carboxylic acids is 1. The van der Waals surface area contributed by atoms with Crippen molar-refractivity contribution < 1.29 is 23.1 Å². The van der Waals surface area contributed by atoms with E-state index < -0.39 is 23.8 Å². The molecule has 0 spiro atoms. The molecular formula is C9H11F3N2O2S. The zero-order valence-electron chi connectivity index (χ0n) is 9.15. The molecule has 0 aromatic carbocycles. The Morgan fingerprint density at radius 3 is 2.65 bits per heavy atom. The molecule has 1 N–H and O–H groups in total. The highest BCUT2D eigenvalue weighted by atomic mass is 32.1. The summed E-state index contributed by atoms with van der Waals surface area (Å²) in [7, 11) is 1.51. The predicted molar refractivity (Wildman–Crippen MR) is 57.2 cm³/mol. The van der Waals surface area contributed by atoms with Gasteiger partial charge in [-0.2, -0.15) is 13.2 Å². The topological polar surface area (TPSA) is 53.4 Å². The van der Waals surface area contributed by atoms with Gasteiger partial charge in [-0.05, 0) is 0 Å². The van der Waals surface area contributed by atoms with Crippen molar-refractivity contribution in [1.82, 2.24) is 4.98 Å². The maximum atomic E-state index is 12.3. The summed E-state index contributed by atoms with van der Waals surface area (Å²) in [4.78, 5) is 15.4. The van der Waals surface area contributed by atoms with Crippen LogP contribution in [0, 0.1) is 5.92 Å². The Bertz CT molecular complexity index is 405. The van der Waals surface area contributed by atoms with Gasteiger partial charge >= 0.3 is 12.1 Å². The molecule has 0 saturated heterocycles. The zero-order valence-corrected chi connectivity index (χ0v) is 9.97. The third-order valence-electron chi connectivity index (χ3n) is 2.08. The van der Waals surface area contributed by atoms with Crippen LogP contribution >= 0.6 is 11.3 Å². The van der Waals surface area contributed by atoms with Crippen molar-refractivity contribution in [3.63, 3.8) is 0 Å². The number of carboxylic acids is 1. The molecule has 0 saturated carbocycles. The summed E-state index contributed by atoms with van der Waals surface area (Å²) in [6.45, 7) is 1.59. The van der Waals surface area contributed by atoms with E-state index in [4.69, 9.17) is 5.11 Å². The van der Waals surface area contributed by atoms with Gasteiger partial charge in [0.2, 0.25) is 0 Å². The van der Waals surface area contributed by atoms with E-state index in [1.807, 2.05) is 0 Å². The van der Waals surface area contributed by atoms with Gasteiger partial charge in [0.25, 0.3) is 0 Å². The number of anilines is 1. The van der Waals surface area contributed by atoms with Crippen LogP contribution in [0.3, 0.4) is 0 Å². The molecule has 0 aliphatic carbocycles. The first-order chi connectivity index (χ1) is 7.71. The minimum Gasteiger partial charge on any atom is -0.481 e. The largest absolute Gasteiger partial charge is 0.481 e. The lowest BCUT2D eigenvalue weighted by Gasteiger charge is -2.18. The van der Waals surface area contributed by atoms with Crippen LogP contribution in [-0.2, 0) is 11.0 Å². The van der Waals surface area contributed by atoms with Crippen molar-refractivity contribution in [3.05, 3.63) is 11.1 Å². The number of aromatic nitrogens is 1. The summed E-state index contributed by atoms with van der Waals surface area (Å²) in [5, 5.41) is 9.76. The molecule has 0 amide bonds. The molecule has 8 heteroatoms. The Labute approximate surface area is 99.7 Å². The number of halogens is 3. The summed E-state index contributed by atoms with van der Waals surface area (Å²) in [5.74, 6) is -1.66. The average Bonchev–Trinajstić information content (AvgIpc) is 2.65. The molecule has 0 radical (unpaired) electrons. The number of hydrogen-bond acceptors (Lipinski definition) is 4. The lowest BCUT2D eigenvalue weighted by molar-refractivity contribution is -0.141. The number of hydrogen-bond donors (Lipinski definition) is 1. The second kappa shape index (κ2) is 4.91. The standard InChI is InChI=1S/C9H11F3N2O2S/c1-5(7(15)16)3-14(2)8-13-6(4-17-8)9(10,11)12/h4-5H,3H2,1-2H3,(H,15,16). The maximum absolute atomic E-state index is 12.3. The predicted octanol–water partition coefficient (Wildman–Crippen LogP) is 2.32. The van der Waals surface area contributed by atoms with E-state index >= 15 is 0 Å². The van der Waals surface area contributed by atoms with Gasteiger partial charge in [-0.25, -0.2) is 4.98 Å². The van der Waals surface area contributed by atoms with E-state index in [0.717, 1.165) is 16.7 Å². The first kappa shape index (κ1) is 13.8. The van der Waals surface area contributed by atoms with Crippen LogP contribution in [0.1, 0.15) is 12.6 Å². The van der Waals surface area contributed by atoms with Crippen LogP contribution in [-0.4, -0.2) is 29.7 Å². The van der Waals surface area contributed by atoms with Crippen molar-refractivity contribution in [2.24, 2.45) is 5.92 Å². The highest BCUT2D eigenvalue weighted by Crippen LogP contribution is 2.32. The minimum absolute atomic E-state index is 0.111. The Hall–Kier alpha value is -1.31. The van der Waals surface area contributed by atoms with Gasteiger partial charge in [-0.15, -0.1) is 11.3 Å². The van der Waals surface area contributed by atoms with Crippen LogP contribution in [0.2, 0.25) is 0 Å². The molecule has 1 heterocycles. The first-order valence-corrected chi connectivity index (χ1v) is 5.56. The summed E-state index contributed by atoms with van der Waals surface area (Å²) in [6, 6.07) is 0. The highest BCUT2D eigenvalue weighted by Gasteiger charge is 2.34. The summed E-state index contributed by atoms with van der Waals surface area (Å²) >= 11 is 0.840. The molecule has 1 rings (SSSR count). The molecule has 0 aliphatic rings. The Morgan fingerprint density at radius 2 is 2.24 bits per heavy atom. The Morgan fingerprint density at radius 1 is 1.65 bits per heavy atom. The second-order valence-corrected chi connectivity index (χ2v) is 4.47. The van der Waals surface area contributed by atoms with E-state index in [2.05, 4.69) is 4.98 Å².